The van der Waals surface area contributed by atoms with E-state index in [1.165, 1.54) is 12.8 Å². The molecular weight excluding hydrogens is 350 g/mol. The molecule has 28 heavy (non-hydrogen) atoms. The molecule has 0 spiro atoms. The molecule has 0 bridgehead atoms. The van der Waals surface area contributed by atoms with E-state index in [0.29, 0.717) is 5.92 Å². The molecule has 1 aliphatic heterocycles. The summed E-state index contributed by atoms with van der Waals surface area (Å²) < 4.78 is 0. The number of nitrogens with zero attached hydrogens (tertiary/aromatic N) is 3. The van der Waals surface area contributed by atoms with Crippen molar-refractivity contribution >= 4 is 33.5 Å². The fourth-order valence-corrected chi connectivity index (χ4v) is 4.33. The molecule has 1 saturated carbocycles. The first-order chi connectivity index (χ1) is 13.5. The highest BCUT2D eigenvalue weighted by Crippen LogP contribution is 2.45. The quantitative estimate of drug-likeness (QED) is 0.568. The van der Waals surface area contributed by atoms with Crippen LogP contribution in [0.25, 0.3) is 33.5 Å². The summed E-state index contributed by atoms with van der Waals surface area (Å²) in [6.07, 6.45) is 2.45. The maximum absolute atomic E-state index is 13.0. The predicted octanol–water partition coefficient (Wildman–Crippen LogP) is 4.14. The molecule has 4 aromatic rings. The van der Waals surface area contributed by atoms with Gasteiger partial charge in [0.05, 0.1) is 27.7 Å². The van der Waals surface area contributed by atoms with Crippen molar-refractivity contribution in [2.24, 2.45) is 5.92 Å². The smallest absolute Gasteiger partial charge is 0.237 e. The van der Waals surface area contributed by atoms with Gasteiger partial charge in [0.15, 0.2) is 5.82 Å². The highest BCUT2D eigenvalue weighted by atomic mass is 16.2. The molecule has 3 heterocycles. The average Bonchev–Trinajstić information content (AvgIpc) is 3.20. The Bertz CT molecular complexity index is 1260. The number of nitrogens with one attached hydrogen (secondary N) is 2. The van der Waals surface area contributed by atoms with E-state index in [1.54, 1.807) is 0 Å². The molecule has 0 unspecified atom stereocenters. The maximum Gasteiger partial charge on any atom is 0.237 e. The zero-order valence-corrected chi connectivity index (χ0v) is 15.9. The largest absolute Gasteiger partial charge is 0.337 e. The van der Waals surface area contributed by atoms with Gasteiger partial charge in [-0.3, -0.25) is 9.89 Å². The number of hydrogen-bond acceptors (Lipinski definition) is 3. The standard InChI is InChI=1S/C22H21N5O/c1-22(2)14-9-16-17(10-18(14)27(21(22)28)11-12-7-8-12)24-20(23-16)19-13-5-3-4-6-15(13)25-26-19/h3-6,9-10,12H,7-8,11H2,1-2H3,(H,23,24)(H,25,26). The molecular formula is C22H21N5O. The van der Waals surface area contributed by atoms with Gasteiger partial charge >= 0.3 is 0 Å². The third kappa shape index (κ3) is 2.11. The summed E-state index contributed by atoms with van der Waals surface area (Å²) in [5, 5.41) is 8.57. The monoisotopic (exact) mass is 371 g/mol. The van der Waals surface area contributed by atoms with Crippen LogP contribution in [-0.4, -0.2) is 32.6 Å². The Morgan fingerprint density at radius 1 is 1.18 bits per heavy atom. The molecule has 1 amide bonds. The molecule has 1 aliphatic carbocycles. The minimum Gasteiger partial charge on any atom is -0.337 e. The number of carbonyl (C=O) groups excluding carboxylic acids is 1. The maximum atomic E-state index is 13.0. The summed E-state index contributed by atoms with van der Waals surface area (Å²) in [6.45, 7) is 4.86. The second-order valence-electron chi connectivity index (χ2n) is 8.57. The van der Waals surface area contributed by atoms with Crippen LogP contribution < -0.4 is 4.90 Å². The van der Waals surface area contributed by atoms with E-state index in [-0.39, 0.29) is 5.91 Å². The fraction of sp³-hybridized carbons (Fsp3) is 0.318. The molecule has 0 atom stereocenters. The van der Waals surface area contributed by atoms with Gasteiger partial charge < -0.3 is 9.88 Å². The van der Waals surface area contributed by atoms with E-state index in [9.17, 15) is 4.79 Å². The van der Waals surface area contributed by atoms with Crippen LogP contribution in [0.5, 0.6) is 0 Å². The van der Waals surface area contributed by atoms with Gasteiger partial charge in [-0.15, -0.1) is 0 Å². The van der Waals surface area contributed by atoms with E-state index in [4.69, 9.17) is 4.98 Å². The summed E-state index contributed by atoms with van der Waals surface area (Å²) in [6, 6.07) is 12.2. The summed E-state index contributed by atoms with van der Waals surface area (Å²) in [5.41, 5.74) is 5.19. The van der Waals surface area contributed by atoms with Crippen molar-refractivity contribution in [2.45, 2.75) is 32.1 Å². The number of fused-ring (bicyclic) bond motifs is 3. The summed E-state index contributed by atoms with van der Waals surface area (Å²) in [7, 11) is 0. The molecule has 0 saturated heterocycles. The lowest BCUT2D eigenvalue weighted by molar-refractivity contribution is -0.122. The van der Waals surface area contributed by atoms with Gasteiger partial charge in [0.1, 0.15) is 5.69 Å². The number of carbonyl (C=O) groups is 1. The normalized spacial score (nSPS) is 18.4. The third-order valence-electron chi connectivity index (χ3n) is 6.18. The van der Waals surface area contributed by atoms with Crippen LogP contribution in [0.15, 0.2) is 36.4 Å². The molecule has 2 aliphatic rings. The Balaban J connectivity index is 1.51. The second-order valence-corrected chi connectivity index (χ2v) is 8.57. The van der Waals surface area contributed by atoms with Crippen molar-refractivity contribution in [3.63, 3.8) is 0 Å². The van der Waals surface area contributed by atoms with Crippen molar-refractivity contribution in [3.8, 4) is 11.5 Å². The number of aromatic nitrogens is 4. The van der Waals surface area contributed by atoms with E-state index in [2.05, 4.69) is 27.3 Å². The first kappa shape index (κ1) is 15.9. The predicted molar refractivity (Wildman–Crippen MR) is 109 cm³/mol. The van der Waals surface area contributed by atoms with Gasteiger partial charge in [0.2, 0.25) is 5.91 Å². The van der Waals surface area contributed by atoms with Crippen molar-refractivity contribution in [3.05, 3.63) is 42.0 Å². The van der Waals surface area contributed by atoms with Crippen molar-refractivity contribution in [1.29, 1.82) is 0 Å². The number of anilines is 1. The van der Waals surface area contributed by atoms with E-state index in [1.807, 2.05) is 43.0 Å². The van der Waals surface area contributed by atoms with Crippen LogP contribution in [0, 0.1) is 5.92 Å². The minimum absolute atomic E-state index is 0.195. The highest BCUT2D eigenvalue weighted by molar-refractivity contribution is 6.09. The van der Waals surface area contributed by atoms with E-state index < -0.39 is 5.41 Å². The lowest BCUT2D eigenvalue weighted by Gasteiger charge is -2.20. The van der Waals surface area contributed by atoms with E-state index in [0.717, 1.165) is 51.3 Å². The van der Waals surface area contributed by atoms with Crippen LogP contribution in [0.2, 0.25) is 0 Å². The van der Waals surface area contributed by atoms with Gasteiger partial charge in [0.25, 0.3) is 0 Å². The number of benzene rings is 2. The molecule has 1 fully saturated rings. The molecule has 2 N–H and O–H groups in total. The summed E-state index contributed by atoms with van der Waals surface area (Å²) in [4.78, 5) is 23.2. The Labute approximate surface area is 162 Å². The van der Waals surface area contributed by atoms with Crippen LogP contribution in [-0.2, 0) is 10.2 Å². The zero-order valence-electron chi connectivity index (χ0n) is 15.9. The number of H-pyrrole nitrogens is 2. The van der Waals surface area contributed by atoms with Crippen molar-refractivity contribution < 1.29 is 4.79 Å². The molecule has 6 rings (SSSR count). The topological polar surface area (TPSA) is 77.7 Å². The Morgan fingerprint density at radius 2 is 2.00 bits per heavy atom. The van der Waals surface area contributed by atoms with E-state index >= 15 is 0 Å². The van der Waals surface area contributed by atoms with Gasteiger partial charge in [-0.05, 0) is 56.4 Å². The van der Waals surface area contributed by atoms with Crippen LogP contribution in [0.3, 0.4) is 0 Å². The molecule has 2 aromatic carbocycles. The van der Waals surface area contributed by atoms with Crippen LogP contribution >= 0.6 is 0 Å². The lowest BCUT2D eigenvalue weighted by Crippen LogP contribution is -2.37. The number of imidazole rings is 1. The highest BCUT2D eigenvalue weighted by Gasteiger charge is 2.45. The lowest BCUT2D eigenvalue weighted by atomic mass is 9.86. The molecule has 140 valence electrons. The second kappa shape index (κ2) is 5.22. The first-order valence-corrected chi connectivity index (χ1v) is 9.82. The van der Waals surface area contributed by atoms with Gasteiger partial charge in [0, 0.05) is 11.9 Å². The van der Waals surface area contributed by atoms with Gasteiger partial charge in [-0.1, -0.05) is 18.2 Å². The fourth-order valence-electron chi connectivity index (χ4n) is 4.33. The van der Waals surface area contributed by atoms with Crippen molar-refractivity contribution in [2.75, 3.05) is 11.4 Å². The number of amides is 1. The Morgan fingerprint density at radius 3 is 2.82 bits per heavy atom. The molecule has 0 radical (unpaired) electrons. The summed E-state index contributed by atoms with van der Waals surface area (Å²) >= 11 is 0. The molecule has 2 aromatic heterocycles. The number of hydrogen-bond donors (Lipinski definition) is 2. The molecule has 6 nitrogen and oxygen atoms in total. The Kier molecular flexibility index (Phi) is 2.96. The minimum atomic E-state index is -0.511. The third-order valence-corrected chi connectivity index (χ3v) is 6.18. The Hall–Kier alpha value is -3.15. The summed E-state index contributed by atoms with van der Waals surface area (Å²) in [5.74, 6) is 1.58. The number of para-hydroxylation sites is 1. The van der Waals surface area contributed by atoms with Crippen LogP contribution in [0.1, 0.15) is 32.3 Å². The zero-order chi connectivity index (χ0) is 19.0. The molecule has 6 heteroatoms. The number of aromatic amines is 2. The SMILES string of the molecule is CC1(C)C(=O)N(CC2CC2)c2cc3nc(-c4n[nH]c5ccccc45)[nH]c3cc21. The first-order valence-electron chi connectivity index (χ1n) is 9.82. The average molecular weight is 371 g/mol. The van der Waals surface area contributed by atoms with Gasteiger partial charge in [-0.25, -0.2) is 4.98 Å². The van der Waals surface area contributed by atoms with Crippen LogP contribution in [0.4, 0.5) is 5.69 Å². The van der Waals surface area contributed by atoms with Gasteiger partial charge in [-0.2, -0.15) is 5.10 Å². The number of rotatable bonds is 3. The van der Waals surface area contributed by atoms with Crippen molar-refractivity contribution in [1.82, 2.24) is 20.2 Å².